The summed E-state index contributed by atoms with van der Waals surface area (Å²) >= 11 is 10.8. The predicted molar refractivity (Wildman–Crippen MR) is 152 cm³/mol. The lowest BCUT2D eigenvalue weighted by molar-refractivity contribution is -0.115. The molecule has 4 rings (SSSR count). The number of rotatable bonds is 6. The van der Waals surface area contributed by atoms with Crippen molar-refractivity contribution in [1.29, 1.82) is 0 Å². The van der Waals surface area contributed by atoms with E-state index in [4.69, 9.17) is 4.74 Å². The SMILES string of the molecule is CCc1ccc(N=C2NC(=O)/C(=C/c3cc(Br)c(OCc4ccc(I)cc4)c(Br)c3)S2)cc1. The van der Waals surface area contributed by atoms with E-state index in [1.807, 2.05) is 30.3 Å². The molecule has 0 unspecified atom stereocenters. The first-order valence-corrected chi connectivity index (χ1v) is 13.6. The lowest BCUT2D eigenvalue weighted by atomic mass is 10.2. The molecule has 8 heteroatoms. The molecule has 168 valence electrons. The number of carbonyl (C=O) groups excluding carboxylic acids is 1. The average Bonchev–Trinajstić information content (AvgIpc) is 3.13. The summed E-state index contributed by atoms with van der Waals surface area (Å²) in [4.78, 5) is 17.6. The Kier molecular flexibility index (Phi) is 8.32. The fourth-order valence-corrected chi connectivity index (χ4v) is 5.74. The Labute approximate surface area is 227 Å². The highest BCUT2D eigenvalue weighted by atomic mass is 127. The molecule has 1 N–H and O–H groups in total. The third-order valence-corrected chi connectivity index (χ3v) is 7.65. The summed E-state index contributed by atoms with van der Waals surface area (Å²) in [6.45, 7) is 2.58. The number of aliphatic imine (C=N–C) groups is 1. The second-order valence-corrected chi connectivity index (χ2v) is 11.2. The van der Waals surface area contributed by atoms with Crippen molar-refractivity contribution >= 4 is 89.1 Å². The Morgan fingerprint density at radius 3 is 2.30 bits per heavy atom. The summed E-state index contributed by atoms with van der Waals surface area (Å²) in [5, 5.41) is 3.42. The molecule has 1 aliphatic heterocycles. The van der Waals surface area contributed by atoms with Gasteiger partial charge in [-0.15, -0.1) is 0 Å². The number of nitrogens with one attached hydrogen (secondary N) is 1. The van der Waals surface area contributed by atoms with Gasteiger partial charge in [0.25, 0.3) is 5.91 Å². The summed E-state index contributed by atoms with van der Waals surface area (Å²) in [5.41, 5.74) is 4.04. The van der Waals surface area contributed by atoms with E-state index in [1.165, 1.54) is 20.9 Å². The molecule has 0 atom stereocenters. The third kappa shape index (κ3) is 6.49. The maximum Gasteiger partial charge on any atom is 0.264 e. The van der Waals surface area contributed by atoms with Gasteiger partial charge in [0.2, 0.25) is 0 Å². The number of carbonyl (C=O) groups is 1. The van der Waals surface area contributed by atoms with Gasteiger partial charge in [0, 0.05) is 3.57 Å². The molecule has 1 aliphatic rings. The molecule has 1 saturated heterocycles. The van der Waals surface area contributed by atoms with Gasteiger partial charge in [-0.3, -0.25) is 4.79 Å². The Morgan fingerprint density at radius 2 is 1.67 bits per heavy atom. The van der Waals surface area contributed by atoms with Crippen LogP contribution >= 0.6 is 66.2 Å². The first-order chi connectivity index (χ1) is 15.9. The second kappa shape index (κ2) is 11.2. The molecule has 0 radical (unpaired) electrons. The Hall–Kier alpha value is -1.62. The van der Waals surface area contributed by atoms with Crippen molar-refractivity contribution in [1.82, 2.24) is 5.32 Å². The highest BCUT2D eigenvalue weighted by Gasteiger charge is 2.24. The van der Waals surface area contributed by atoms with E-state index in [-0.39, 0.29) is 5.91 Å². The number of hydrogen-bond acceptors (Lipinski definition) is 4. The van der Waals surface area contributed by atoms with Gasteiger partial charge < -0.3 is 10.1 Å². The van der Waals surface area contributed by atoms with Crippen LogP contribution in [0.25, 0.3) is 6.08 Å². The van der Waals surface area contributed by atoms with Crippen LogP contribution in [0.4, 0.5) is 5.69 Å². The van der Waals surface area contributed by atoms with E-state index in [2.05, 4.69) is 108 Å². The maximum atomic E-state index is 12.5. The van der Waals surface area contributed by atoms with Crippen molar-refractivity contribution in [2.24, 2.45) is 4.99 Å². The van der Waals surface area contributed by atoms with Gasteiger partial charge in [-0.05, 0) is 132 Å². The molecule has 1 heterocycles. The molecular weight excluding hydrogens is 679 g/mol. The lowest BCUT2D eigenvalue weighted by Gasteiger charge is -2.12. The van der Waals surface area contributed by atoms with Crippen LogP contribution in [-0.4, -0.2) is 11.1 Å². The van der Waals surface area contributed by atoms with Gasteiger partial charge in [-0.25, -0.2) is 4.99 Å². The fraction of sp³-hybridized carbons (Fsp3) is 0.120. The van der Waals surface area contributed by atoms with Crippen LogP contribution in [0.1, 0.15) is 23.6 Å². The van der Waals surface area contributed by atoms with Crippen molar-refractivity contribution in [2.75, 3.05) is 0 Å². The smallest absolute Gasteiger partial charge is 0.264 e. The van der Waals surface area contributed by atoms with Crippen molar-refractivity contribution < 1.29 is 9.53 Å². The highest BCUT2D eigenvalue weighted by Crippen LogP contribution is 2.37. The van der Waals surface area contributed by atoms with Gasteiger partial charge in [0.05, 0.1) is 19.5 Å². The molecule has 0 saturated carbocycles. The minimum absolute atomic E-state index is 0.157. The molecular formula is C25H19Br2IN2O2S. The summed E-state index contributed by atoms with van der Waals surface area (Å²) < 4.78 is 8.82. The van der Waals surface area contributed by atoms with E-state index in [0.717, 1.165) is 37.9 Å². The number of amidine groups is 1. The summed E-state index contributed by atoms with van der Waals surface area (Å²) in [6, 6.07) is 20.1. The predicted octanol–water partition coefficient (Wildman–Crippen LogP) is 7.85. The zero-order valence-corrected chi connectivity index (χ0v) is 23.7. The average molecular weight is 698 g/mol. The minimum Gasteiger partial charge on any atom is -0.487 e. The molecule has 33 heavy (non-hydrogen) atoms. The number of thioether (sulfide) groups is 1. The quantitative estimate of drug-likeness (QED) is 0.211. The van der Waals surface area contributed by atoms with Crippen LogP contribution in [0, 0.1) is 3.57 Å². The Bertz CT molecular complexity index is 1220. The number of benzene rings is 3. The van der Waals surface area contributed by atoms with Gasteiger partial charge in [-0.2, -0.15) is 0 Å². The first kappa shape index (κ1) is 24.5. The molecule has 1 fully saturated rings. The van der Waals surface area contributed by atoms with Crippen molar-refractivity contribution in [3.63, 3.8) is 0 Å². The molecule has 3 aromatic rings. The fourth-order valence-electron chi connectivity index (χ4n) is 3.09. The van der Waals surface area contributed by atoms with E-state index >= 15 is 0 Å². The van der Waals surface area contributed by atoms with Crippen LogP contribution in [0.15, 0.2) is 79.5 Å². The molecule has 3 aromatic carbocycles. The van der Waals surface area contributed by atoms with E-state index < -0.39 is 0 Å². The van der Waals surface area contributed by atoms with Crippen LogP contribution in [0.2, 0.25) is 0 Å². The number of nitrogens with zero attached hydrogens (tertiary/aromatic N) is 1. The van der Waals surface area contributed by atoms with Crippen molar-refractivity contribution in [3.05, 3.63) is 94.8 Å². The number of ether oxygens (including phenoxy) is 1. The topological polar surface area (TPSA) is 50.7 Å². The Morgan fingerprint density at radius 1 is 1.03 bits per heavy atom. The summed E-state index contributed by atoms with van der Waals surface area (Å²) in [7, 11) is 0. The van der Waals surface area contributed by atoms with Crippen LogP contribution in [0.3, 0.4) is 0 Å². The molecule has 4 nitrogen and oxygen atoms in total. The van der Waals surface area contributed by atoms with Crippen LogP contribution < -0.4 is 10.1 Å². The minimum atomic E-state index is -0.157. The zero-order valence-electron chi connectivity index (χ0n) is 17.6. The number of hydrogen-bond donors (Lipinski definition) is 1. The van der Waals surface area contributed by atoms with E-state index in [1.54, 1.807) is 0 Å². The number of halogens is 3. The summed E-state index contributed by atoms with van der Waals surface area (Å²) in [5.74, 6) is 0.562. The lowest BCUT2D eigenvalue weighted by Crippen LogP contribution is -2.19. The van der Waals surface area contributed by atoms with Crippen molar-refractivity contribution in [2.45, 2.75) is 20.0 Å². The normalized spacial score (nSPS) is 15.8. The maximum absolute atomic E-state index is 12.5. The monoisotopic (exact) mass is 696 g/mol. The largest absolute Gasteiger partial charge is 0.487 e. The summed E-state index contributed by atoms with van der Waals surface area (Å²) in [6.07, 6.45) is 2.83. The highest BCUT2D eigenvalue weighted by molar-refractivity contribution is 14.1. The van der Waals surface area contributed by atoms with Crippen LogP contribution in [0.5, 0.6) is 5.75 Å². The van der Waals surface area contributed by atoms with Gasteiger partial charge in [0.15, 0.2) is 5.17 Å². The van der Waals surface area contributed by atoms with E-state index in [0.29, 0.717) is 16.7 Å². The molecule has 0 aromatic heterocycles. The van der Waals surface area contributed by atoms with E-state index in [9.17, 15) is 4.79 Å². The van der Waals surface area contributed by atoms with Gasteiger partial charge in [0.1, 0.15) is 12.4 Å². The molecule has 0 spiro atoms. The van der Waals surface area contributed by atoms with Crippen molar-refractivity contribution in [3.8, 4) is 5.75 Å². The zero-order chi connectivity index (χ0) is 23.4. The van der Waals surface area contributed by atoms with Gasteiger partial charge in [-0.1, -0.05) is 31.2 Å². The number of aryl methyl sites for hydroxylation is 1. The second-order valence-electron chi connectivity index (χ2n) is 7.23. The Balaban J connectivity index is 1.48. The first-order valence-electron chi connectivity index (χ1n) is 10.2. The molecule has 1 amide bonds. The standard InChI is InChI=1S/C25H19Br2IN2O2S/c1-2-15-5-9-19(10-6-15)29-25-30-24(31)22(33-25)13-17-11-20(26)23(21(27)12-17)32-14-16-3-7-18(28)8-4-16/h3-13H,2,14H2,1H3,(H,29,30,31)/b22-13-. The van der Waals surface area contributed by atoms with Crippen LogP contribution in [-0.2, 0) is 17.8 Å². The number of amides is 1. The molecule has 0 aliphatic carbocycles. The third-order valence-electron chi connectivity index (χ3n) is 4.84. The molecule has 0 bridgehead atoms. The van der Waals surface area contributed by atoms with Gasteiger partial charge >= 0.3 is 0 Å².